The van der Waals surface area contributed by atoms with Crippen LogP contribution in [-0.2, 0) is 78.2 Å². The van der Waals surface area contributed by atoms with E-state index >= 15 is 38.4 Å². The number of carbonyl (C=O) groups excluding carboxylic acids is 12. The van der Waals surface area contributed by atoms with Gasteiger partial charge in [-0.2, -0.15) is 10.2 Å². The molecule has 12 amide bonds. The molecule has 0 saturated carbocycles. The van der Waals surface area contributed by atoms with Crippen molar-refractivity contribution in [2.24, 2.45) is 22.0 Å². The van der Waals surface area contributed by atoms with Gasteiger partial charge in [0.2, 0.25) is 23.6 Å². The van der Waals surface area contributed by atoms with Gasteiger partial charge in [-0.3, -0.25) is 77.6 Å². The highest BCUT2D eigenvalue weighted by molar-refractivity contribution is 6.33. The van der Waals surface area contributed by atoms with Crippen LogP contribution in [-0.4, -0.2) is 283 Å². The molecule has 8 saturated heterocycles. The van der Waals surface area contributed by atoms with E-state index in [9.17, 15) is 29.4 Å². The second-order valence-electron chi connectivity index (χ2n) is 30.6. The first kappa shape index (κ1) is 75.9. The average Bonchev–Trinajstić information content (AvgIpc) is 1.55. The zero-order valence-electron chi connectivity index (χ0n) is 62.2. The maximum absolute atomic E-state index is 15.9. The molecule has 8 fully saturated rings. The summed E-state index contributed by atoms with van der Waals surface area (Å²) in [5.74, 6) is -9.94. The number of hydrogen-bond acceptors (Lipinski definition) is 24. The molecule has 14 rings (SSSR count). The third kappa shape index (κ3) is 12.7. The van der Waals surface area contributed by atoms with Crippen molar-refractivity contribution in [2.75, 3.05) is 65.1 Å². The summed E-state index contributed by atoms with van der Waals surface area (Å²) in [6.07, 6.45) is 3.53. The van der Waals surface area contributed by atoms with Crippen LogP contribution in [0.1, 0.15) is 117 Å². The number of aliphatic hydroxyl groups is 2. The van der Waals surface area contributed by atoms with Crippen LogP contribution in [0.5, 0.6) is 0 Å². The van der Waals surface area contributed by atoms with E-state index in [2.05, 4.69) is 53.2 Å². The first-order chi connectivity index (χ1) is 51.9. The van der Waals surface area contributed by atoms with Crippen LogP contribution in [0.4, 0.5) is 11.4 Å². The van der Waals surface area contributed by atoms with E-state index < -0.39 is 192 Å². The van der Waals surface area contributed by atoms with Gasteiger partial charge in [-0.1, -0.05) is 51.4 Å². The van der Waals surface area contributed by atoms with Crippen molar-refractivity contribution in [1.29, 1.82) is 0 Å². The van der Waals surface area contributed by atoms with E-state index in [1.807, 2.05) is 0 Å². The monoisotopic (exact) mass is 1530 g/mol. The number of rotatable bonds is 5. The summed E-state index contributed by atoms with van der Waals surface area (Å²) in [7, 11) is 5.48. The topological polar surface area (TPSA) is 417 Å². The lowest BCUT2D eigenvalue weighted by molar-refractivity contribution is -0.162. The Balaban J connectivity index is 0.803. The van der Waals surface area contributed by atoms with Gasteiger partial charge in [0.25, 0.3) is 47.3 Å². The van der Waals surface area contributed by atoms with Crippen LogP contribution >= 0.6 is 11.6 Å². The zero-order chi connectivity index (χ0) is 77.9. The third-order valence-electron chi connectivity index (χ3n) is 23.5. The lowest BCUT2D eigenvalue weighted by Gasteiger charge is -2.43. The highest BCUT2D eigenvalue weighted by Crippen LogP contribution is 2.55. The minimum Gasteiger partial charge on any atom is -0.495 e. The molecular formula is C72H93ClN20O16. The standard InChI is InChI=1S/C72H93ClN20O16/c1-34(2)55-67(104)90-49(17-13-23-76-90)65(102)92-51(26-39(108-9)32-78-92)61(98)84(7)36(5)59(96)88-47(15-11-21-74-88)63(100)86-53(57(94)82-55)30-71(106)42-20-19-38(25-45(42)80-69(71)86)41-28-43-46(29-44(41)73)81-70-72(43,107)31-54-58(95)83-56(35(3)4)68(105)91-50(18-14-24-77-91)66(103)93-52(27-40(109-10)33-79-93)62(99)85(8)37(6)60(97)89-48(16-12-22-75-89)64(101)87(54)70/h19-20,25-29,32-37,47-56,69-70,74-77,80-81,106-107H,11-18,21-24,30-31H2,1-10H3,(H,82,94)(H,83,95)/t36-,37-,47+,48+,49-,50+,51+,52-,53+,54-,55+,56+,69-,70+,71+,72-/m0/s1. The number of hydrazine groups is 4. The lowest BCUT2D eigenvalue weighted by Crippen LogP contribution is -2.67. The Kier molecular flexibility index (Phi) is 20.3. The predicted molar refractivity (Wildman–Crippen MR) is 388 cm³/mol. The SMILES string of the molecule is COC1=C[C@@H]2C(=O)N(C)[C@@H](C)C(=O)N3NCCC[C@@H]3C(=O)N3[C@H](C[C@@]4(O)c5ccc(-c6cc7c(cc6Cl)N[C@@H]6N8C(=O)[C@H]9CCCNN9C(=O)[C@H](C)N(C)C(=O)[C@@H]9C=C(OC)C=NN9C(=O)[C@H]9CCCNN9C(=O)[C@@H](C(C)C)NC(=O)[C@@H]8C[C@]76O)cc5N[C@@H]34)C(=O)N[C@H](C(C)C)C(=O)N3NCCC[C@H]3C(=O)N2N=C1. The normalized spacial score (nSPS) is 33.5. The number of methoxy groups -OCH3 is 2. The summed E-state index contributed by atoms with van der Waals surface area (Å²) in [6.45, 7) is 10.7. The van der Waals surface area contributed by atoms with Crippen LogP contribution in [0.3, 0.4) is 0 Å². The van der Waals surface area contributed by atoms with Gasteiger partial charge in [-0.05, 0) is 113 Å². The Morgan fingerprint density at radius 2 is 0.853 bits per heavy atom. The minimum absolute atomic E-state index is 0.0688. The number of amides is 12. The molecule has 0 aliphatic carbocycles. The molecule has 12 heterocycles. The van der Waals surface area contributed by atoms with Crippen molar-refractivity contribution in [3.63, 3.8) is 0 Å². The van der Waals surface area contributed by atoms with E-state index in [1.165, 1.54) is 76.5 Å². The van der Waals surface area contributed by atoms with Crippen molar-refractivity contribution in [3.05, 3.63) is 70.2 Å². The molecule has 37 heteroatoms. The van der Waals surface area contributed by atoms with Gasteiger partial charge in [0.15, 0.2) is 12.1 Å². The van der Waals surface area contributed by atoms with Gasteiger partial charge in [-0.15, -0.1) is 0 Å². The second kappa shape index (κ2) is 29.2. The van der Waals surface area contributed by atoms with Gasteiger partial charge in [0.1, 0.15) is 95.5 Å². The van der Waals surface area contributed by atoms with Crippen molar-refractivity contribution >= 4 is 106 Å². The van der Waals surface area contributed by atoms with Crippen LogP contribution < -0.4 is 43.0 Å². The van der Waals surface area contributed by atoms with E-state index in [0.717, 1.165) is 39.9 Å². The number of ether oxygens (including phenoxy) is 2. The maximum atomic E-state index is 15.9. The van der Waals surface area contributed by atoms with Crippen molar-refractivity contribution in [3.8, 4) is 11.1 Å². The highest BCUT2D eigenvalue weighted by Gasteiger charge is 2.65. The minimum atomic E-state index is -2.12. The molecule has 36 nitrogen and oxygen atoms in total. The number of halogens is 1. The zero-order valence-corrected chi connectivity index (χ0v) is 62.9. The number of hydrazone groups is 2. The summed E-state index contributed by atoms with van der Waals surface area (Å²) in [5.41, 5.74) is 9.74. The quantitative estimate of drug-likeness (QED) is 0.163. The summed E-state index contributed by atoms with van der Waals surface area (Å²) >= 11 is 7.31. The molecule has 0 aromatic heterocycles. The smallest absolute Gasteiger partial charge is 0.268 e. The molecule has 16 atom stereocenters. The second-order valence-corrected chi connectivity index (χ2v) is 31.0. The number of nitrogens with zero attached hydrogens (tertiary/aromatic N) is 12. The molecule has 2 aromatic rings. The molecule has 0 radical (unpaired) electrons. The number of anilines is 2. The molecule has 109 heavy (non-hydrogen) atoms. The largest absolute Gasteiger partial charge is 0.495 e. The molecule has 10 N–H and O–H groups in total. The van der Waals surface area contributed by atoms with Gasteiger partial charge >= 0.3 is 0 Å². The van der Waals surface area contributed by atoms with Crippen LogP contribution in [0, 0.1) is 11.8 Å². The number of likely N-dealkylation sites (N-methyl/N-ethyl adjacent to an activating group) is 2. The Bertz CT molecular complexity index is 4290. The maximum Gasteiger partial charge on any atom is 0.268 e. The third-order valence-corrected chi connectivity index (χ3v) is 23.9. The summed E-state index contributed by atoms with van der Waals surface area (Å²) < 4.78 is 10.9. The van der Waals surface area contributed by atoms with Gasteiger partial charge < -0.3 is 60.6 Å². The van der Waals surface area contributed by atoms with E-state index in [4.69, 9.17) is 21.1 Å². The Hall–Kier alpha value is -9.85. The number of fused-ring (bicyclic) bond motifs is 16. The van der Waals surface area contributed by atoms with E-state index in [-0.39, 0.29) is 90.9 Å². The van der Waals surface area contributed by atoms with Crippen molar-refractivity contribution in [2.45, 2.75) is 202 Å². The Morgan fingerprint density at radius 1 is 0.477 bits per heavy atom. The first-order valence-electron chi connectivity index (χ1n) is 37.2. The molecule has 12 aliphatic rings. The number of nitrogens with one attached hydrogen (secondary N) is 8. The molecule has 2 aromatic carbocycles. The van der Waals surface area contributed by atoms with Gasteiger partial charge in [-0.25, -0.2) is 31.7 Å². The summed E-state index contributed by atoms with van der Waals surface area (Å²) in [6, 6.07) is -8.31. The fourth-order valence-electron chi connectivity index (χ4n) is 17.2. The molecule has 0 spiro atoms. The van der Waals surface area contributed by atoms with Gasteiger partial charge in [0, 0.05) is 81.2 Å². The van der Waals surface area contributed by atoms with E-state index in [0.29, 0.717) is 36.8 Å². The molecule has 0 bridgehead atoms. The highest BCUT2D eigenvalue weighted by atomic mass is 35.5. The number of allylic oxidation sites excluding steroid dienone is 2. The van der Waals surface area contributed by atoms with Crippen LogP contribution in [0.25, 0.3) is 11.1 Å². The first-order valence-corrected chi connectivity index (χ1v) is 37.6. The van der Waals surface area contributed by atoms with Gasteiger partial charge in [0.05, 0.1) is 31.7 Å². The van der Waals surface area contributed by atoms with Crippen LogP contribution in [0.15, 0.2) is 64.2 Å². The molecular weight excluding hydrogens is 1440 g/mol. The van der Waals surface area contributed by atoms with Crippen molar-refractivity contribution < 1.29 is 77.2 Å². The number of benzene rings is 2. The molecule has 0 unspecified atom stereocenters. The Labute approximate surface area is 633 Å². The fourth-order valence-corrected chi connectivity index (χ4v) is 17.5. The van der Waals surface area contributed by atoms with E-state index in [1.54, 1.807) is 58.0 Å². The average molecular weight is 1530 g/mol. The fraction of sp³-hybridized carbons (Fsp3) is 0.583. The lowest BCUT2D eigenvalue weighted by atomic mass is 9.87. The molecule has 12 aliphatic heterocycles. The molecule has 584 valence electrons. The predicted octanol–water partition coefficient (Wildman–Crippen LogP) is -1.47. The number of carbonyl (C=O) groups is 12. The Morgan fingerprint density at radius 3 is 1.25 bits per heavy atom. The van der Waals surface area contributed by atoms with Crippen molar-refractivity contribution in [1.82, 2.24) is 82.0 Å². The summed E-state index contributed by atoms with van der Waals surface area (Å²) in [4.78, 5) is 187. The summed E-state index contributed by atoms with van der Waals surface area (Å²) in [5, 5.41) is 54.6. The number of hydrogen-bond donors (Lipinski definition) is 10. The van der Waals surface area contributed by atoms with Crippen LogP contribution in [0.2, 0.25) is 5.02 Å².